The number of aromatic nitrogens is 5. The van der Waals surface area contributed by atoms with Crippen molar-refractivity contribution in [3.63, 3.8) is 0 Å². The average molecular weight is 453 g/mol. The summed E-state index contributed by atoms with van der Waals surface area (Å²) in [6.45, 7) is 5.47. The smallest absolute Gasteiger partial charge is 0.256 e. The van der Waals surface area contributed by atoms with Crippen molar-refractivity contribution in [2.75, 3.05) is 12.3 Å². The zero-order valence-electron chi connectivity index (χ0n) is 17.5. The third-order valence-corrected chi connectivity index (χ3v) is 6.19. The molecule has 3 aromatic heterocycles. The Hall–Kier alpha value is -2.91. The molecular weight excluding hydrogens is 428 g/mol. The summed E-state index contributed by atoms with van der Waals surface area (Å²) in [6.07, 6.45) is 6.09. The number of aryl methyl sites for hydroxylation is 2. The molecule has 1 amide bonds. The van der Waals surface area contributed by atoms with Gasteiger partial charge < -0.3 is 14.9 Å². The van der Waals surface area contributed by atoms with Gasteiger partial charge in [-0.3, -0.25) is 4.79 Å². The van der Waals surface area contributed by atoms with Crippen LogP contribution in [0.25, 0.3) is 16.9 Å². The summed E-state index contributed by atoms with van der Waals surface area (Å²) in [5, 5.41) is 7.27. The number of benzene rings is 1. The van der Waals surface area contributed by atoms with Crippen LogP contribution in [0.4, 0.5) is 0 Å². The van der Waals surface area contributed by atoms with Gasteiger partial charge in [-0.2, -0.15) is 5.10 Å². The van der Waals surface area contributed by atoms with E-state index in [9.17, 15) is 4.79 Å². The lowest BCUT2D eigenvalue weighted by Gasteiger charge is -2.08. The Balaban J connectivity index is 1.51. The summed E-state index contributed by atoms with van der Waals surface area (Å²) < 4.78 is 4.20. The van der Waals surface area contributed by atoms with Gasteiger partial charge in [0.25, 0.3) is 5.91 Å². The minimum Gasteiger partial charge on any atom is -0.352 e. The standard InChI is InChI=1S/C22H24N6OS2/c1-3-31-17-7-5-16(6-8-17)19-13-20(30)28-21(26-19)18(14-25-28)22(29)24-9-4-11-27-12-10-23-15(27)2/h5-8,10,12-14,26H,3-4,9,11H2,1-2H3,(H,24,29). The van der Waals surface area contributed by atoms with Crippen molar-refractivity contribution in [1.29, 1.82) is 0 Å². The Bertz CT molecular complexity index is 1260. The minimum atomic E-state index is -0.171. The molecule has 0 aliphatic rings. The lowest BCUT2D eigenvalue weighted by Crippen LogP contribution is -2.25. The lowest BCUT2D eigenvalue weighted by atomic mass is 10.1. The van der Waals surface area contributed by atoms with E-state index in [1.807, 2.05) is 19.2 Å². The molecule has 160 valence electrons. The van der Waals surface area contributed by atoms with E-state index in [2.05, 4.69) is 56.1 Å². The van der Waals surface area contributed by atoms with Crippen LogP contribution >= 0.6 is 24.0 Å². The summed E-state index contributed by atoms with van der Waals surface area (Å²) in [6, 6.07) is 10.2. The van der Waals surface area contributed by atoms with Crippen molar-refractivity contribution in [2.24, 2.45) is 0 Å². The topological polar surface area (TPSA) is 80.0 Å². The van der Waals surface area contributed by atoms with Crippen molar-refractivity contribution in [2.45, 2.75) is 31.7 Å². The van der Waals surface area contributed by atoms with Gasteiger partial charge in [0.1, 0.15) is 21.7 Å². The van der Waals surface area contributed by atoms with Crippen LogP contribution in [-0.2, 0) is 6.54 Å². The fourth-order valence-electron chi connectivity index (χ4n) is 3.39. The second kappa shape index (κ2) is 9.49. The van der Waals surface area contributed by atoms with Crippen LogP contribution in [0, 0.1) is 11.6 Å². The molecule has 0 atom stereocenters. The molecule has 0 aliphatic carbocycles. The molecule has 0 aliphatic heterocycles. The van der Waals surface area contributed by atoms with Crippen LogP contribution in [0.2, 0.25) is 0 Å². The second-order valence-electron chi connectivity index (χ2n) is 7.07. The molecule has 2 N–H and O–H groups in total. The molecule has 7 nitrogen and oxygen atoms in total. The second-order valence-corrected chi connectivity index (χ2v) is 8.83. The van der Waals surface area contributed by atoms with E-state index < -0.39 is 0 Å². The zero-order valence-corrected chi connectivity index (χ0v) is 19.1. The van der Waals surface area contributed by atoms with Crippen molar-refractivity contribution < 1.29 is 4.79 Å². The normalized spacial score (nSPS) is 11.2. The molecule has 0 saturated heterocycles. The Labute approximate surface area is 189 Å². The highest BCUT2D eigenvalue weighted by Gasteiger charge is 2.15. The maximum absolute atomic E-state index is 12.8. The third-order valence-electron chi connectivity index (χ3n) is 5.00. The van der Waals surface area contributed by atoms with Crippen molar-refractivity contribution in [3.05, 3.63) is 65.0 Å². The Kier molecular flexibility index (Phi) is 6.53. The number of fused-ring (bicyclic) bond motifs is 1. The van der Waals surface area contributed by atoms with Crippen LogP contribution in [0.5, 0.6) is 0 Å². The van der Waals surface area contributed by atoms with Gasteiger partial charge >= 0.3 is 0 Å². The molecule has 0 radical (unpaired) electrons. The molecule has 0 saturated carbocycles. The molecule has 0 fully saturated rings. The summed E-state index contributed by atoms with van der Waals surface area (Å²) in [5.41, 5.74) is 2.94. The van der Waals surface area contributed by atoms with Crippen molar-refractivity contribution in [3.8, 4) is 11.3 Å². The Morgan fingerprint density at radius 2 is 2.10 bits per heavy atom. The number of nitrogens with one attached hydrogen (secondary N) is 2. The van der Waals surface area contributed by atoms with Gasteiger partial charge in [-0.25, -0.2) is 9.50 Å². The average Bonchev–Trinajstić information content (AvgIpc) is 3.38. The SMILES string of the molecule is CCSc1ccc(-c2cc(=S)n3ncc(C(=O)NCCCn4ccnc4C)c3[nH]2)cc1. The van der Waals surface area contributed by atoms with Gasteiger partial charge in [0.15, 0.2) is 0 Å². The van der Waals surface area contributed by atoms with Gasteiger partial charge in [-0.05, 0) is 42.9 Å². The van der Waals surface area contributed by atoms with Crippen molar-refractivity contribution >= 4 is 35.5 Å². The lowest BCUT2D eigenvalue weighted by molar-refractivity contribution is 0.0954. The number of thioether (sulfide) groups is 1. The molecule has 4 rings (SSSR count). The molecule has 4 aromatic rings. The summed E-state index contributed by atoms with van der Waals surface area (Å²) in [4.78, 5) is 21.6. The quantitative estimate of drug-likeness (QED) is 0.234. The monoisotopic (exact) mass is 452 g/mol. The highest BCUT2D eigenvalue weighted by atomic mass is 32.2. The number of hydrogen-bond donors (Lipinski definition) is 2. The summed E-state index contributed by atoms with van der Waals surface area (Å²) in [7, 11) is 0. The highest BCUT2D eigenvalue weighted by Crippen LogP contribution is 2.24. The van der Waals surface area contributed by atoms with Gasteiger partial charge in [0.2, 0.25) is 0 Å². The van der Waals surface area contributed by atoms with Gasteiger partial charge in [0, 0.05) is 36.1 Å². The predicted octanol–water partition coefficient (Wildman–Crippen LogP) is 4.50. The van der Waals surface area contributed by atoms with Crippen molar-refractivity contribution in [1.82, 2.24) is 29.5 Å². The highest BCUT2D eigenvalue weighted by molar-refractivity contribution is 7.99. The molecule has 0 bridgehead atoms. The number of imidazole rings is 1. The van der Waals surface area contributed by atoms with Crippen LogP contribution in [-0.4, -0.2) is 42.4 Å². The first-order valence-electron chi connectivity index (χ1n) is 10.2. The number of carbonyl (C=O) groups excluding carboxylic acids is 1. The first-order valence-corrected chi connectivity index (χ1v) is 11.6. The van der Waals surface area contributed by atoms with E-state index in [4.69, 9.17) is 12.2 Å². The molecular formula is C22H24N6OS2. The van der Waals surface area contributed by atoms with E-state index in [-0.39, 0.29) is 5.91 Å². The van der Waals surface area contributed by atoms with E-state index in [1.165, 1.54) is 4.90 Å². The van der Waals surface area contributed by atoms with Crippen LogP contribution in [0.3, 0.4) is 0 Å². The fraction of sp³-hybridized carbons (Fsp3) is 0.273. The molecule has 9 heteroatoms. The molecule has 0 unspecified atom stereocenters. The number of amides is 1. The molecule has 1 aromatic carbocycles. The molecule has 0 spiro atoms. The number of H-pyrrole nitrogens is 1. The number of rotatable bonds is 8. The molecule has 3 heterocycles. The largest absolute Gasteiger partial charge is 0.352 e. The predicted molar refractivity (Wildman–Crippen MR) is 126 cm³/mol. The first kappa shape index (κ1) is 21.3. The van der Waals surface area contributed by atoms with E-state index >= 15 is 0 Å². The van der Waals surface area contributed by atoms with Crippen LogP contribution < -0.4 is 5.32 Å². The summed E-state index contributed by atoms with van der Waals surface area (Å²) >= 11 is 7.31. The fourth-order valence-corrected chi connectivity index (χ4v) is 4.31. The zero-order chi connectivity index (χ0) is 21.8. The van der Waals surface area contributed by atoms with E-state index in [1.54, 1.807) is 28.7 Å². The Morgan fingerprint density at radius 1 is 1.29 bits per heavy atom. The van der Waals surface area contributed by atoms with Gasteiger partial charge in [0.05, 0.1) is 6.20 Å². The van der Waals surface area contributed by atoms with E-state index in [0.29, 0.717) is 22.4 Å². The van der Waals surface area contributed by atoms with Crippen LogP contribution in [0.15, 0.2) is 53.8 Å². The number of carbonyl (C=O) groups is 1. The Morgan fingerprint density at radius 3 is 2.81 bits per heavy atom. The third kappa shape index (κ3) is 4.72. The first-order chi connectivity index (χ1) is 15.1. The maximum Gasteiger partial charge on any atom is 0.256 e. The number of nitrogens with zero attached hydrogens (tertiary/aromatic N) is 4. The number of aromatic amines is 1. The van der Waals surface area contributed by atoms with E-state index in [0.717, 1.165) is 35.8 Å². The van der Waals surface area contributed by atoms with Gasteiger partial charge in [-0.15, -0.1) is 11.8 Å². The molecule has 31 heavy (non-hydrogen) atoms. The van der Waals surface area contributed by atoms with Crippen LogP contribution in [0.1, 0.15) is 29.5 Å². The maximum atomic E-state index is 12.8. The summed E-state index contributed by atoms with van der Waals surface area (Å²) in [5.74, 6) is 1.83. The number of hydrogen-bond acceptors (Lipinski definition) is 5. The minimum absolute atomic E-state index is 0.171. The van der Waals surface area contributed by atoms with Gasteiger partial charge in [-0.1, -0.05) is 31.3 Å².